The molecule has 0 saturated carbocycles. The van der Waals surface area contributed by atoms with E-state index in [9.17, 15) is 0 Å². The van der Waals surface area contributed by atoms with E-state index < -0.39 is 0 Å². The van der Waals surface area contributed by atoms with Gasteiger partial charge in [-0.2, -0.15) is 0 Å². The Balaban J connectivity index is 0.000000159. The largest absolute Gasteiger partial charge is 0.456 e. The summed E-state index contributed by atoms with van der Waals surface area (Å²) in [5, 5.41) is 4.94. The smallest absolute Gasteiger partial charge is 0.135 e. The number of benzene rings is 6. The summed E-state index contributed by atoms with van der Waals surface area (Å²) in [5.74, 6) is 0. The van der Waals surface area contributed by atoms with Gasteiger partial charge in [-0.3, -0.25) is 0 Å². The van der Waals surface area contributed by atoms with Crippen LogP contribution in [0.1, 0.15) is 22.7 Å². The molecule has 0 saturated heterocycles. The zero-order valence-corrected chi connectivity index (χ0v) is 21.3. The van der Waals surface area contributed by atoms with E-state index in [2.05, 4.69) is 104 Å². The summed E-state index contributed by atoms with van der Waals surface area (Å²) in [7, 11) is 0. The second kappa shape index (κ2) is 10.4. The van der Waals surface area contributed by atoms with Crippen LogP contribution in [0.5, 0.6) is 0 Å². The lowest BCUT2D eigenvalue weighted by molar-refractivity contribution is 0.669. The molecule has 0 aliphatic carbocycles. The molecule has 0 spiro atoms. The fraction of sp³-hybridized carbons (Fsp3) is 0.0556. The molecule has 184 valence electrons. The number of aryl methyl sites for hydroxylation is 1. The van der Waals surface area contributed by atoms with Gasteiger partial charge in [0.15, 0.2) is 0 Å². The maximum atomic E-state index is 6.38. The van der Waals surface area contributed by atoms with Crippen LogP contribution in [0.2, 0.25) is 0 Å². The molecule has 6 aromatic carbocycles. The average Bonchev–Trinajstić information content (AvgIpc) is 3.35. The van der Waals surface area contributed by atoms with E-state index in [0.717, 1.165) is 22.3 Å². The van der Waals surface area contributed by atoms with Gasteiger partial charge < -0.3 is 10.2 Å². The number of fused-ring (bicyclic) bond motifs is 4. The number of para-hydroxylation sites is 1. The highest BCUT2D eigenvalue weighted by Crippen LogP contribution is 2.29. The molecule has 7 rings (SSSR count). The van der Waals surface area contributed by atoms with E-state index in [-0.39, 0.29) is 6.04 Å². The fourth-order valence-corrected chi connectivity index (χ4v) is 4.94. The third-order valence-electron chi connectivity index (χ3n) is 7.04. The van der Waals surface area contributed by atoms with Gasteiger partial charge in [-0.25, -0.2) is 0 Å². The highest BCUT2D eigenvalue weighted by molar-refractivity contribution is 6.04. The van der Waals surface area contributed by atoms with E-state index in [4.69, 9.17) is 10.2 Å². The van der Waals surface area contributed by atoms with Gasteiger partial charge in [0, 0.05) is 10.8 Å². The first-order valence-electron chi connectivity index (χ1n) is 12.9. The Hall–Kier alpha value is -4.66. The summed E-state index contributed by atoms with van der Waals surface area (Å²) in [5.41, 5.74) is 14.3. The number of rotatable bonds is 3. The van der Waals surface area contributed by atoms with E-state index in [1.807, 2.05) is 42.5 Å². The molecule has 7 aromatic rings. The quantitative estimate of drug-likeness (QED) is 0.267. The van der Waals surface area contributed by atoms with Crippen LogP contribution in [-0.2, 0) is 0 Å². The van der Waals surface area contributed by atoms with Crippen molar-refractivity contribution in [3.8, 4) is 11.1 Å². The van der Waals surface area contributed by atoms with Gasteiger partial charge >= 0.3 is 0 Å². The molecule has 0 amide bonds. The van der Waals surface area contributed by atoms with E-state index >= 15 is 0 Å². The molecule has 1 aromatic heterocycles. The Morgan fingerprint density at radius 3 is 1.95 bits per heavy atom. The van der Waals surface area contributed by atoms with E-state index in [1.165, 1.54) is 38.2 Å². The van der Waals surface area contributed by atoms with Crippen molar-refractivity contribution >= 4 is 32.7 Å². The first-order chi connectivity index (χ1) is 18.7. The van der Waals surface area contributed by atoms with Crippen molar-refractivity contribution in [1.82, 2.24) is 0 Å². The molecule has 2 N–H and O–H groups in total. The zero-order chi connectivity index (χ0) is 25.9. The Labute approximate surface area is 223 Å². The molecule has 1 unspecified atom stereocenters. The monoisotopic (exact) mass is 491 g/mol. The predicted octanol–water partition coefficient (Wildman–Crippen LogP) is 9.45. The van der Waals surface area contributed by atoms with Crippen molar-refractivity contribution in [1.29, 1.82) is 0 Å². The lowest BCUT2D eigenvalue weighted by Crippen LogP contribution is -2.11. The predicted molar refractivity (Wildman–Crippen MR) is 160 cm³/mol. The summed E-state index contributed by atoms with van der Waals surface area (Å²) >= 11 is 0. The van der Waals surface area contributed by atoms with Gasteiger partial charge in [0.1, 0.15) is 11.2 Å². The first-order valence-corrected chi connectivity index (χ1v) is 12.9. The summed E-state index contributed by atoms with van der Waals surface area (Å²) in [6.45, 7) is 2.10. The molecule has 2 nitrogen and oxygen atoms in total. The van der Waals surface area contributed by atoms with Gasteiger partial charge in [-0.1, -0.05) is 121 Å². The number of hydrogen-bond acceptors (Lipinski definition) is 2. The molecule has 0 fully saturated rings. The minimum Gasteiger partial charge on any atom is -0.456 e. The number of nitrogens with two attached hydrogens (primary N) is 1. The molecule has 1 atom stereocenters. The summed E-state index contributed by atoms with van der Waals surface area (Å²) in [6, 6.07) is 48.1. The maximum absolute atomic E-state index is 6.38. The van der Waals surface area contributed by atoms with Crippen LogP contribution in [0.4, 0.5) is 0 Å². The van der Waals surface area contributed by atoms with Gasteiger partial charge in [-0.15, -0.1) is 0 Å². The molecular formula is C36H29NO. The van der Waals surface area contributed by atoms with Gasteiger partial charge in [-0.05, 0) is 64.2 Å². The molecule has 1 heterocycles. The van der Waals surface area contributed by atoms with Crippen LogP contribution in [0.3, 0.4) is 0 Å². The highest BCUT2D eigenvalue weighted by atomic mass is 16.3. The molecular weight excluding hydrogens is 462 g/mol. The van der Waals surface area contributed by atoms with Crippen molar-refractivity contribution in [2.24, 2.45) is 5.73 Å². The van der Waals surface area contributed by atoms with Crippen molar-refractivity contribution in [3.63, 3.8) is 0 Å². The Morgan fingerprint density at radius 1 is 0.500 bits per heavy atom. The van der Waals surface area contributed by atoms with Crippen LogP contribution in [0.25, 0.3) is 43.8 Å². The maximum Gasteiger partial charge on any atom is 0.135 e. The standard InChI is InChI=1S/C23H19N.C13H10O/c24-23(19-7-2-1-3-8-19)20-13-10-18(11-14-20)22-15-12-17-6-4-5-9-21(17)16-22;1-9-6-7-13-11(8-9)10-4-2-3-5-12(10)14-13/h1-16,23H,24H2;2-8H,1H3. The first kappa shape index (κ1) is 23.7. The SMILES string of the molecule is Cc1ccc2oc3ccccc3c2c1.NC(c1ccccc1)c1ccc(-c2ccc3ccccc3c2)cc1. The minimum atomic E-state index is -0.0862. The fourth-order valence-electron chi connectivity index (χ4n) is 4.94. The molecule has 0 aliphatic heterocycles. The van der Waals surface area contributed by atoms with E-state index in [1.54, 1.807) is 0 Å². The van der Waals surface area contributed by atoms with Crippen molar-refractivity contribution in [3.05, 3.63) is 156 Å². The van der Waals surface area contributed by atoms with Crippen LogP contribution in [-0.4, -0.2) is 0 Å². The van der Waals surface area contributed by atoms with Crippen molar-refractivity contribution in [2.45, 2.75) is 13.0 Å². The Kier molecular flexibility index (Phi) is 6.47. The number of hydrogen-bond donors (Lipinski definition) is 1. The van der Waals surface area contributed by atoms with Gasteiger partial charge in [0.2, 0.25) is 0 Å². The second-order valence-electron chi connectivity index (χ2n) is 9.67. The third kappa shape index (κ3) is 4.82. The summed E-state index contributed by atoms with van der Waals surface area (Å²) in [6.07, 6.45) is 0. The minimum absolute atomic E-state index is 0.0862. The van der Waals surface area contributed by atoms with Gasteiger partial charge in [0.25, 0.3) is 0 Å². The summed E-state index contributed by atoms with van der Waals surface area (Å²) < 4.78 is 5.71. The zero-order valence-electron chi connectivity index (χ0n) is 21.3. The van der Waals surface area contributed by atoms with Crippen LogP contribution < -0.4 is 5.73 Å². The van der Waals surface area contributed by atoms with E-state index in [0.29, 0.717) is 0 Å². The Bertz CT molecular complexity index is 1830. The average molecular weight is 492 g/mol. The summed E-state index contributed by atoms with van der Waals surface area (Å²) in [4.78, 5) is 0. The van der Waals surface area contributed by atoms with Gasteiger partial charge in [0.05, 0.1) is 6.04 Å². The third-order valence-corrected chi connectivity index (χ3v) is 7.04. The van der Waals surface area contributed by atoms with Crippen LogP contribution >= 0.6 is 0 Å². The number of furan rings is 1. The molecule has 0 aliphatic rings. The lowest BCUT2D eigenvalue weighted by atomic mass is 9.96. The normalized spacial score (nSPS) is 11.8. The Morgan fingerprint density at radius 2 is 1.13 bits per heavy atom. The highest BCUT2D eigenvalue weighted by Gasteiger charge is 2.09. The van der Waals surface area contributed by atoms with Crippen LogP contribution in [0, 0.1) is 6.92 Å². The van der Waals surface area contributed by atoms with Crippen molar-refractivity contribution < 1.29 is 4.42 Å². The molecule has 0 radical (unpaired) electrons. The molecule has 0 bridgehead atoms. The molecule has 2 heteroatoms. The molecule has 38 heavy (non-hydrogen) atoms. The topological polar surface area (TPSA) is 39.2 Å². The lowest BCUT2D eigenvalue weighted by Gasteiger charge is -2.13. The second-order valence-corrected chi connectivity index (χ2v) is 9.67. The van der Waals surface area contributed by atoms with Crippen LogP contribution in [0.15, 0.2) is 144 Å². The van der Waals surface area contributed by atoms with Crippen molar-refractivity contribution in [2.75, 3.05) is 0 Å².